The molecule has 0 bridgehead atoms. The summed E-state index contributed by atoms with van der Waals surface area (Å²) in [6.45, 7) is 27.9. The van der Waals surface area contributed by atoms with E-state index in [-0.39, 0.29) is 57.9 Å². The Labute approximate surface area is 169 Å². The SMILES string of the molecule is C[Si]1[Si](C)(C)[Si](C)(C)[Si](C)[Si](C)(C)[Si]1(C)C.[CH3][Sn][CH3].[CH3][Sn][CH3]. The molecule has 0 aromatic rings. The van der Waals surface area contributed by atoms with E-state index in [9.17, 15) is 0 Å². The van der Waals surface area contributed by atoms with Gasteiger partial charge in [0, 0.05) is 44.1 Å². The van der Waals surface area contributed by atoms with Crippen LogP contribution in [0.1, 0.15) is 0 Å². The molecule has 0 aliphatic carbocycles. The Kier molecular flexibility index (Phi) is 12.7. The van der Waals surface area contributed by atoms with E-state index >= 15 is 0 Å². The standard InChI is InChI=1S/C10H30Si6.4CH3.2Sn/c1-11-13(3,4)15(7,8)12(2)16(9,10)14(11,5)6;;;;;;/h1-10H3;4*1H3;;. The third-order valence-electron chi connectivity index (χ3n) is 6.88. The van der Waals surface area contributed by atoms with Crippen LogP contribution >= 0.6 is 0 Å². The Bertz CT molecular complexity index is 271. The summed E-state index contributed by atoms with van der Waals surface area (Å²) in [6.07, 6.45) is 0. The average Bonchev–Trinajstić information content (AvgIpc) is 2.37. The van der Waals surface area contributed by atoms with Crippen molar-refractivity contribution in [3.8, 4) is 0 Å². The zero-order valence-corrected chi connectivity index (χ0v) is 29.7. The van der Waals surface area contributed by atoms with Crippen molar-refractivity contribution in [2.24, 2.45) is 0 Å². The first kappa shape index (κ1) is 27.1. The van der Waals surface area contributed by atoms with E-state index in [0.717, 1.165) is 0 Å². The van der Waals surface area contributed by atoms with Gasteiger partial charge in [0.05, 0.1) is 0 Å². The molecular weight excluding hydrogens is 574 g/mol. The van der Waals surface area contributed by atoms with Crippen molar-refractivity contribution in [1.29, 1.82) is 0 Å². The Morgan fingerprint density at radius 1 is 0.455 bits per heavy atom. The van der Waals surface area contributed by atoms with Crippen molar-refractivity contribution in [2.45, 2.75) is 85.2 Å². The van der Waals surface area contributed by atoms with E-state index in [1.54, 1.807) is 0 Å². The van der Waals surface area contributed by atoms with Gasteiger partial charge in [-0.25, -0.2) is 0 Å². The van der Waals surface area contributed by atoms with Crippen LogP contribution in [0.2, 0.25) is 85.2 Å². The fourth-order valence-electron chi connectivity index (χ4n) is 3.44. The van der Waals surface area contributed by atoms with Crippen LogP contribution in [0, 0.1) is 0 Å². The molecule has 130 valence electrons. The second-order valence-electron chi connectivity index (χ2n) is 8.75. The first-order valence-corrected chi connectivity index (χ1v) is 41.9. The van der Waals surface area contributed by atoms with Gasteiger partial charge in [-0.2, -0.15) is 0 Å². The molecule has 1 rings (SSSR count). The summed E-state index contributed by atoms with van der Waals surface area (Å²) in [5, 5.41) is 0. The molecule has 0 atom stereocenters. The summed E-state index contributed by atoms with van der Waals surface area (Å²) >= 11 is 0.460. The molecule has 1 fully saturated rings. The molecule has 8 heteroatoms. The van der Waals surface area contributed by atoms with E-state index in [2.05, 4.69) is 85.2 Å². The third-order valence-corrected chi connectivity index (χ3v) is 134. The topological polar surface area (TPSA) is 0 Å². The maximum absolute atomic E-state index is 2.79. The summed E-state index contributed by atoms with van der Waals surface area (Å²) in [7, 11) is -3.23. The molecule has 1 saturated heterocycles. The summed E-state index contributed by atoms with van der Waals surface area (Å²) in [5.41, 5.74) is 0. The van der Waals surface area contributed by atoms with Crippen LogP contribution < -0.4 is 0 Å². The van der Waals surface area contributed by atoms with Crippen LogP contribution in [0.5, 0.6) is 0 Å². The normalized spacial score (nSPS) is 25.4. The molecule has 0 unspecified atom stereocenters. The summed E-state index contributed by atoms with van der Waals surface area (Å²) in [6, 6.07) is 0. The minimum absolute atomic E-state index is 0.0357. The molecule has 0 spiro atoms. The van der Waals surface area contributed by atoms with Gasteiger partial charge in [0.2, 0.25) is 0 Å². The van der Waals surface area contributed by atoms with E-state index < -0.39 is 28.4 Å². The number of rotatable bonds is 0. The van der Waals surface area contributed by atoms with Crippen molar-refractivity contribution in [1.82, 2.24) is 0 Å². The van der Waals surface area contributed by atoms with Crippen LogP contribution in [0.15, 0.2) is 0 Å². The van der Waals surface area contributed by atoms with Crippen molar-refractivity contribution in [3.63, 3.8) is 0 Å². The van der Waals surface area contributed by atoms with Gasteiger partial charge in [-0.15, -0.1) is 0 Å². The predicted octanol–water partition coefficient (Wildman–Crippen LogP) is 5.13. The van der Waals surface area contributed by atoms with Crippen molar-refractivity contribution in [2.75, 3.05) is 0 Å². The fraction of sp³-hybridized carbons (Fsp3) is 1.00. The molecule has 1 aliphatic heterocycles. The second kappa shape index (κ2) is 10.3. The monoisotopic (exact) mass is 618 g/mol. The van der Waals surface area contributed by atoms with Crippen LogP contribution in [0.3, 0.4) is 0 Å². The number of hydrogen-bond acceptors (Lipinski definition) is 0. The molecule has 0 nitrogen and oxygen atoms in total. The third kappa shape index (κ3) is 5.45. The van der Waals surface area contributed by atoms with E-state index in [1.807, 2.05) is 0 Å². The summed E-state index contributed by atoms with van der Waals surface area (Å²) in [5.74, 6) is 0. The number of hydrogen-bond donors (Lipinski definition) is 0. The molecule has 1 heterocycles. The Balaban J connectivity index is 0. The molecule has 0 N–H and O–H groups in total. The van der Waals surface area contributed by atoms with E-state index in [4.69, 9.17) is 0 Å². The van der Waals surface area contributed by atoms with Gasteiger partial charge in [-0.1, -0.05) is 65.5 Å². The van der Waals surface area contributed by atoms with Crippen molar-refractivity contribution >= 4 is 86.4 Å². The van der Waals surface area contributed by atoms with Gasteiger partial charge in [-0.05, 0) is 0 Å². The average molecular weight is 616 g/mol. The first-order chi connectivity index (χ1) is 9.64. The van der Waals surface area contributed by atoms with Gasteiger partial charge in [0.25, 0.3) is 0 Å². The van der Waals surface area contributed by atoms with Crippen LogP contribution in [0.4, 0.5) is 0 Å². The van der Waals surface area contributed by atoms with Crippen molar-refractivity contribution in [3.05, 3.63) is 0 Å². The molecule has 0 amide bonds. The molecule has 22 heavy (non-hydrogen) atoms. The molecule has 1 aliphatic rings. The quantitative estimate of drug-likeness (QED) is 0.332. The molecular formula is C14H42Si6Sn2. The molecule has 0 saturated carbocycles. The molecule has 0 aromatic heterocycles. The molecule has 6 radical (unpaired) electrons. The van der Waals surface area contributed by atoms with E-state index in [0.29, 0.717) is 0 Å². The van der Waals surface area contributed by atoms with Gasteiger partial charge >= 0.3 is 62.0 Å². The zero-order chi connectivity index (χ0) is 18.6. The van der Waals surface area contributed by atoms with Crippen LogP contribution in [0.25, 0.3) is 0 Å². The van der Waals surface area contributed by atoms with Crippen molar-refractivity contribution < 1.29 is 0 Å². The maximum atomic E-state index is 2.79. The van der Waals surface area contributed by atoms with Gasteiger partial charge in [0.15, 0.2) is 0 Å². The van der Waals surface area contributed by atoms with E-state index in [1.165, 1.54) is 0 Å². The van der Waals surface area contributed by atoms with Crippen LogP contribution in [-0.2, 0) is 0 Å². The van der Waals surface area contributed by atoms with Gasteiger partial charge < -0.3 is 0 Å². The van der Waals surface area contributed by atoms with Gasteiger partial charge in [-0.3, -0.25) is 0 Å². The summed E-state index contributed by atoms with van der Waals surface area (Å²) < 4.78 is 0. The Morgan fingerprint density at radius 3 is 0.636 bits per heavy atom. The second-order valence-corrected chi connectivity index (χ2v) is 78.0. The Hall–Kier alpha value is 2.90. The van der Waals surface area contributed by atoms with Gasteiger partial charge in [0.1, 0.15) is 0 Å². The zero-order valence-electron chi connectivity index (χ0n) is 18.0. The predicted molar refractivity (Wildman–Crippen MR) is 128 cm³/mol. The first-order valence-electron chi connectivity index (χ1n) is 8.50. The fourth-order valence-corrected chi connectivity index (χ4v) is 201. The summed E-state index contributed by atoms with van der Waals surface area (Å²) in [4.78, 5) is 9.18. The minimum atomic E-state index is -0.826. The van der Waals surface area contributed by atoms with Crippen LogP contribution in [-0.4, -0.2) is 86.4 Å². The Morgan fingerprint density at radius 2 is 0.545 bits per heavy atom. The molecule has 0 aromatic carbocycles.